The van der Waals surface area contributed by atoms with Crippen LogP contribution in [0.4, 0.5) is 0 Å². The van der Waals surface area contributed by atoms with Gasteiger partial charge in [-0.25, -0.2) is 10.6 Å². The number of hydrazine groups is 1. The molecular weight excluding hydrogens is 328 g/mol. The first-order valence-electron chi connectivity index (χ1n) is 8.16. The van der Waals surface area contributed by atoms with Gasteiger partial charge in [0.25, 0.3) is 0 Å². The molecule has 142 valence electrons. The maximum Gasteiger partial charge on any atom is 0.396 e. The molecule has 0 atom stereocenters. The van der Waals surface area contributed by atoms with Crippen molar-refractivity contribution in [2.75, 3.05) is 7.11 Å². The van der Waals surface area contributed by atoms with Crippen molar-refractivity contribution in [1.82, 2.24) is 15.6 Å². The molecule has 0 bridgehead atoms. The molecule has 0 spiro atoms. The molecule has 1 rings (SSSR count). The Labute approximate surface area is 147 Å². The van der Waals surface area contributed by atoms with E-state index in [1.807, 2.05) is 33.1 Å². The van der Waals surface area contributed by atoms with Crippen LogP contribution >= 0.6 is 0 Å². The van der Waals surface area contributed by atoms with E-state index < -0.39 is 28.9 Å². The number of piperidine rings is 1. The SMILES string of the molecule is COC(=O)C(=O)N1C(C)(C)CC(NC(=O)CCC(=O)NN)CC1(C)C. The molecule has 0 aromatic heterocycles. The first-order chi connectivity index (χ1) is 11.4. The number of methoxy groups -OCH3 is 1. The Hall–Kier alpha value is -2.16. The predicted octanol–water partition coefficient (Wildman–Crippen LogP) is -0.406. The van der Waals surface area contributed by atoms with E-state index in [1.54, 1.807) is 0 Å². The molecule has 0 aliphatic carbocycles. The van der Waals surface area contributed by atoms with E-state index in [4.69, 9.17) is 5.84 Å². The van der Waals surface area contributed by atoms with Gasteiger partial charge in [0.1, 0.15) is 0 Å². The molecule has 9 heteroatoms. The zero-order valence-corrected chi connectivity index (χ0v) is 15.5. The molecule has 25 heavy (non-hydrogen) atoms. The summed E-state index contributed by atoms with van der Waals surface area (Å²) in [6.07, 6.45) is 1.00. The van der Waals surface area contributed by atoms with Gasteiger partial charge in [-0.2, -0.15) is 0 Å². The third-order valence-electron chi connectivity index (χ3n) is 4.37. The number of esters is 1. The lowest BCUT2D eigenvalue weighted by atomic mass is 9.76. The molecule has 0 aromatic carbocycles. The minimum Gasteiger partial charge on any atom is -0.462 e. The fourth-order valence-electron chi connectivity index (χ4n) is 3.71. The quantitative estimate of drug-likeness (QED) is 0.206. The lowest BCUT2D eigenvalue weighted by Crippen LogP contribution is -2.67. The number of likely N-dealkylation sites (tertiary alicyclic amines) is 1. The second kappa shape index (κ2) is 7.81. The number of carbonyl (C=O) groups excluding carboxylic acids is 4. The highest BCUT2D eigenvalue weighted by molar-refractivity contribution is 6.32. The molecule has 0 aromatic rings. The molecule has 0 radical (unpaired) electrons. The number of carbonyl (C=O) groups is 4. The normalized spacial score (nSPS) is 19.0. The van der Waals surface area contributed by atoms with Crippen molar-refractivity contribution in [3.05, 3.63) is 0 Å². The van der Waals surface area contributed by atoms with Gasteiger partial charge in [0.05, 0.1) is 7.11 Å². The fraction of sp³-hybridized carbons (Fsp3) is 0.750. The number of nitrogens with zero attached hydrogens (tertiary/aromatic N) is 1. The first-order valence-corrected chi connectivity index (χ1v) is 8.16. The van der Waals surface area contributed by atoms with E-state index in [9.17, 15) is 19.2 Å². The van der Waals surface area contributed by atoms with Crippen molar-refractivity contribution in [2.24, 2.45) is 5.84 Å². The van der Waals surface area contributed by atoms with Crippen LogP contribution in [-0.4, -0.2) is 52.8 Å². The zero-order chi connectivity index (χ0) is 19.4. The van der Waals surface area contributed by atoms with Crippen LogP contribution in [0, 0.1) is 0 Å². The summed E-state index contributed by atoms with van der Waals surface area (Å²) < 4.78 is 4.56. The lowest BCUT2D eigenvalue weighted by Gasteiger charge is -2.54. The lowest BCUT2D eigenvalue weighted by molar-refractivity contribution is -0.169. The third-order valence-corrected chi connectivity index (χ3v) is 4.37. The highest BCUT2D eigenvalue weighted by Crippen LogP contribution is 2.38. The van der Waals surface area contributed by atoms with E-state index in [-0.39, 0.29) is 24.8 Å². The number of ether oxygens (including phenoxy) is 1. The van der Waals surface area contributed by atoms with E-state index in [0.29, 0.717) is 12.8 Å². The Kier molecular flexibility index (Phi) is 6.53. The van der Waals surface area contributed by atoms with Gasteiger partial charge in [0.2, 0.25) is 11.8 Å². The summed E-state index contributed by atoms with van der Waals surface area (Å²) in [5.41, 5.74) is 0.671. The maximum absolute atomic E-state index is 12.4. The first kappa shape index (κ1) is 20.9. The standard InChI is InChI=1S/C16H28N4O5/c1-15(2)8-10(18-11(21)6-7-12(22)19-17)9-16(3,4)20(15)13(23)14(24)25-5/h10H,6-9,17H2,1-5H3,(H,18,21)(H,19,22). The van der Waals surface area contributed by atoms with Crippen molar-refractivity contribution in [2.45, 2.75) is 70.5 Å². The molecule has 1 aliphatic rings. The van der Waals surface area contributed by atoms with Gasteiger partial charge in [-0.15, -0.1) is 0 Å². The highest BCUT2D eigenvalue weighted by atomic mass is 16.5. The Balaban J connectivity index is 2.82. The molecule has 1 fully saturated rings. The zero-order valence-electron chi connectivity index (χ0n) is 15.5. The van der Waals surface area contributed by atoms with Gasteiger partial charge in [-0.05, 0) is 40.5 Å². The van der Waals surface area contributed by atoms with Crippen LogP contribution in [0.5, 0.6) is 0 Å². The van der Waals surface area contributed by atoms with Crippen LogP contribution in [0.3, 0.4) is 0 Å². The Morgan fingerprint density at radius 3 is 1.96 bits per heavy atom. The van der Waals surface area contributed by atoms with Gasteiger partial charge < -0.3 is 15.0 Å². The number of amides is 3. The van der Waals surface area contributed by atoms with Crippen LogP contribution in [0.1, 0.15) is 53.4 Å². The number of nitrogens with two attached hydrogens (primary N) is 1. The Morgan fingerprint density at radius 2 is 1.52 bits per heavy atom. The van der Waals surface area contributed by atoms with E-state index in [2.05, 4.69) is 10.1 Å². The Morgan fingerprint density at radius 1 is 1.04 bits per heavy atom. The molecule has 4 N–H and O–H groups in total. The summed E-state index contributed by atoms with van der Waals surface area (Å²) in [7, 11) is 1.17. The molecular formula is C16H28N4O5. The second-order valence-electron chi connectivity index (χ2n) is 7.50. The smallest absolute Gasteiger partial charge is 0.396 e. The average molecular weight is 356 g/mol. The number of nitrogens with one attached hydrogen (secondary N) is 2. The molecule has 3 amide bonds. The minimum atomic E-state index is -0.906. The van der Waals surface area contributed by atoms with Crippen LogP contribution in [-0.2, 0) is 23.9 Å². The van der Waals surface area contributed by atoms with Crippen molar-refractivity contribution in [1.29, 1.82) is 0 Å². The van der Waals surface area contributed by atoms with Crippen molar-refractivity contribution in [3.8, 4) is 0 Å². The molecule has 1 aliphatic heterocycles. The molecule has 9 nitrogen and oxygen atoms in total. The van der Waals surface area contributed by atoms with E-state index in [1.165, 1.54) is 12.0 Å². The highest BCUT2D eigenvalue weighted by Gasteiger charge is 2.49. The summed E-state index contributed by atoms with van der Waals surface area (Å²) in [6, 6.07) is -0.180. The van der Waals surface area contributed by atoms with Crippen molar-refractivity contribution in [3.63, 3.8) is 0 Å². The molecule has 0 saturated carbocycles. The van der Waals surface area contributed by atoms with Gasteiger partial charge in [0.15, 0.2) is 0 Å². The molecule has 0 unspecified atom stereocenters. The van der Waals surface area contributed by atoms with Crippen LogP contribution in [0.2, 0.25) is 0 Å². The summed E-state index contributed by atoms with van der Waals surface area (Å²) in [4.78, 5) is 48.8. The maximum atomic E-state index is 12.4. The fourth-order valence-corrected chi connectivity index (χ4v) is 3.71. The van der Waals surface area contributed by atoms with Gasteiger partial charge in [0, 0.05) is 30.0 Å². The third kappa shape index (κ3) is 5.15. The summed E-state index contributed by atoms with van der Waals surface area (Å²) in [5, 5.41) is 2.90. The number of hydrogen-bond donors (Lipinski definition) is 3. The predicted molar refractivity (Wildman–Crippen MR) is 89.7 cm³/mol. The van der Waals surface area contributed by atoms with Crippen molar-refractivity contribution >= 4 is 23.7 Å². The monoisotopic (exact) mass is 356 g/mol. The van der Waals surface area contributed by atoms with Crippen molar-refractivity contribution < 1.29 is 23.9 Å². The number of rotatable bonds is 4. The Bertz CT molecular complexity index is 541. The van der Waals surface area contributed by atoms with Crippen LogP contribution < -0.4 is 16.6 Å². The topological polar surface area (TPSA) is 131 Å². The molecule has 1 saturated heterocycles. The van der Waals surface area contributed by atoms with Gasteiger partial charge in [-0.1, -0.05) is 0 Å². The summed E-state index contributed by atoms with van der Waals surface area (Å²) in [5.74, 6) is 2.72. The summed E-state index contributed by atoms with van der Waals surface area (Å²) in [6.45, 7) is 7.37. The largest absolute Gasteiger partial charge is 0.462 e. The average Bonchev–Trinajstić information content (AvgIpc) is 2.48. The number of hydrogen-bond acceptors (Lipinski definition) is 6. The van der Waals surface area contributed by atoms with Gasteiger partial charge in [-0.3, -0.25) is 19.8 Å². The van der Waals surface area contributed by atoms with E-state index >= 15 is 0 Å². The second-order valence-corrected chi connectivity index (χ2v) is 7.50. The van der Waals surface area contributed by atoms with Crippen LogP contribution in [0.25, 0.3) is 0 Å². The van der Waals surface area contributed by atoms with E-state index in [0.717, 1.165) is 0 Å². The summed E-state index contributed by atoms with van der Waals surface area (Å²) >= 11 is 0. The molecule has 1 heterocycles. The van der Waals surface area contributed by atoms with Crippen LogP contribution in [0.15, 0.2) is 0 Å². The van der Waals surface area contributed by atoms with Gasteiger partial charge >= 0.3 is 11.9 Å². The minimum absolute atomic E-state index is 0.00872.